The number of hydrogen-bond acceptors (Lipinski definition) is 4. The van der Waals surface area contributed by atoms with Gasteiger partial charge in [-0.1, -0.05) is 24.3 Å². The minimum Gasteiger partial charge on any atom is -0.478 e. The molecule has 1 amide bonds. The molecule has 2 aromatic rings. The number of amides is 1. The van der Waals surface area contributed by atoms with Crippen molar-refractivity contribution in [1.29, 1.82) is 0 Å². The van der Waals surface area contributed by atoms with Crippen molar-refractivity contribution in [2.45, 2.75) is 12.7 Å². The van der Waals surface area contributed by atoms with Gasteiger partial charge in [0.05, 0.1) is 16.9 Å². The molecule has 2 aromatic carbocycles. The fourth-order valence-electron chi connectivity index (χ4n) is 2.17. The van der Waals surface area contributed by atoms with Crippen molar-refractivity contribution in [3.05, 3.63) is 64.7 Å². The fraction of sp³-hybridized carbons (Fsp3) is 0.167. The average molecular weight is 359 g/mol. The van der Waals surface area contributed by atoms with Gasteiger partial charge < -0.3 is 15.5 Å². The lowest BCUT2D eigenvalue weighted by Crippen LogP contribution is -2.15. The predicted octanol–water partition coefficient (Wildman–Crippen LogP) is 3.26. The number of aromatic carboxylic acids is 2. The summed E-state index contributed by atoms with van der Waals surface area (Å²) in [6.45, 7) is 2.00. The first-order valence-electron chi connectivity index (χ1n) is 7.40. The molecule has 7 heteroatoms. The van der Waals surface area contributed by atoms with Crippen LogP contribution in [0, 0.1) is 6.92 Å². The van der Waals surface area contributed by atoms with Crippen LogP contribution in [0.4, 0.5) is 5.69 Å². The van der Waals surface area contributed by atoms with Gasteiger partial charge in [0.15, 0.2) is 0 Å². The van der Waals surface area contributed by atoms with Crippen LogP contribution in [0.1, 0.15) is 31.8 Å². The van der Waals surface area contributed by atoms with Crippen molar-refractivity contribution in [2.24, 2.45) is 0 Å². The Morgan fingerprint density at radius 3 is 2.16 bits per heavy atom. The summed E-state index contributed by atoms with van der Waals surface area (Å²) in [5.74, 6) is -1.98. The number of benzene rings is 2. The summed E-state index contributed by atoms with van der Waals surface area (Å²) < 4.78 is 0. The molecule has 6 nitrogen and oxygen atoms in total. The topological polar surface area (TPSA) is 104 Å². The predicted molar refractivity (Wildman–Crippen MR) is 96.3 cm³/mol. The van der Waals surface area contributed by atoms with E-state index in [9.17, 15) is 14.4 Å². The highest BCUT2D eigenvalue weighted by Crippen LogP contribution is 2.18. The quantitative estimate of drug-likeness (QED) is 0.701. The number of carbonyl (C=O) groups excluding carboxylic acids is 1. The Labute approximate surface area is 148 Å². The maximum absolute atomic E-state index is 12.0. The molecule has 0 unspecified atom stereocenters. The van der Waals surface area contributed by atoms with E-state index in [0.717, 1.165) is 17.2 Å². The second-order valence-electron chi connectivity index (χ2n) is 5.38. The van der Waals surface area contributed by atoms with Gasteiger partial charge in [0.1, 0.15) is 0 Å². The van der Waals surface area contributed by atoms with Gasteiger partial charge in [0.2, 0.25) is 5.91 Å². The summed E-state index contributed by atoms with van der Waals surface area (Å²) in [4.78, 5) is 34.2. The van der Waals surface area contributed by atoms with E-state index < -0.39 is 11.9 Å². The maximum Gasteiger partial charge on any atom is 0.335 e. The Kier molecular flexibility index (Phi) is 6.19. The summed E-state index contributed by atoms with van der Waals surface area (Å²) >= 11 is 1.42. The molecule has 0 bridgehead atoms. The minimum absolute atomic E-state index is 0.152. The van der Waals surface area contributed by atoms with Crippen LogP contribution < -0.4 is 5.32 Å². The van der Waals surface area contributed by atoms with Crippen LogP contribution in [0.15, 0.2) is 42.5 Å². The fourth-order valence-corrected chi connectivity index (χ4v) is 3.07. The molecule has 3 N–H and O–H groups in total. The van der Waals surface area contributed by atoms with E-state index in [2.05, 4.69) is 5.32 Å². The second-order valence-corrected chi connectivity index (χ2v) is 6.36. The first-order valence-corrected chi connectivity index (χ1v) is 8.56. The molecule has 0 saturated carbocycles. The first-order chi connectivity index (χ1) is 11.9. The van der Waals surface area contributed by atoms with Crippen molar-refractivity contribution >= 4 is 35.3 Å². The third-order valence-corrected chi connectivity index (χ3v) is 4.44. The highest BCUT2D eigenvalue weighted by molar-refractivity contribution is 7.99. The Morgan fingerprint density at radius 2 is 1.60 bits per heavy atom. The van der Waals surface area contributed by atoms with E-state index in [1.165, 1.54) is 23.9 Å². The zero-order valence-corrected chi connectivity index (χ0v) is 14.3. The van der Waals surface area contributed by atoms with Crippen LogP contribution >= 0.6 is 11.8 Å². The Bertz CT molecular complexity index is 787. The Morgan fingerprint density at radius 1 is 1.00 bits per heavy atom. The molecular weight excluding hydrogens is 342 g/mol. The molecule has 0 atom stereocenters. The maximum atomic E-state index is 12.0. The van der Waals surface area contributed by atoms with Gasteiger partial charge in [0.25, 0.3) is 0 Å². The third kappa shape index (κ3) is 5.36. The number of carboxylic acid groups (broad SMARTS) is 2. The number of anilines is 1. The van der Waals surface area contributed by atoms with Gasteiger partial charge in [0, 0.05) is 11.4 Å². The van der Waals surface area contributed by atoms with Gasteiger partial charge in [-0.05, 0) is 36.2 Å². The number of carbonyl (C=O) groups is 3. The lowest BCUT2D eigenvalue weighted by atomic mass is 10.1. The van der Waals surface area contributed by atoms with Gasteiger partial charge in [-0.2, -0.15) is 0 Å². The zero-order valence-electron chi connectivity index (χ0n) is 13.5. The number of nitrogens with one attached hydrogen (secondary N) is 1. The van der Waals surface area contributed by atoms with E-state index in [-0.39, 0.29) is 28.5 Å². The summed E-state index contributed by atoms with van der Waals surface area (Å²) in [6.07, 6.45) is 0. The Hall–Kier alpha value is -2.80. The van der Waals surface area contributed by atoms with E-state index in [1.54, 1.807) is 0 Å². The summed E-state index contributed by atoms with van der Waals surface area (Å²) in [5, 5.41) is 20.6. The van der Waals surface area contributed by atoms with Crippen LogP contribution in [0.3, 0.4) is 0 Å². The molecule has 0 spiro atoms. The van der Waals surface area contributed by atoms with Crippen LogP contribution in [0.2, 0.25) is 0 Å². The average Bonchev–Trinajstić information content (AvgIpc) is 2.56. The lowest BCUT2D eigenvalue weighted by molar-refractivity contribution is -0.113. The summed E-state index contributed by atoms with van der Waals surface area (Å²) in [6, 6.07) is 11.4. The molecule has 0 aromatic heterocycles. The molecule has 0 fully saturated rings. The molecular formula is C18H17NO5S. The highest BCUT2D eigenvalue weighted by Gasteiger charge is 2.13. The van der Waals surface area contributed by atoms with Crippen molar-refractivity contribution in [2.75, 3.05) is 11.1 Å². The molecule has 130 valence electrons. The number of rotatable bonds is 7. The SMILES string of the molecule is Cc1ccccc1CSCC(=O)Nc1cc(C(=O)O)cc(C(=O)O)c1. The highest BCUT2D eigenvalue weighted by atomic mass is 32.2. The summed E-state index contributed by atoms with van der Waals surface area (Å²) in [7, 11) is 0. The van der Waals surface area contributed by atoms with Crippen LogP contribution in [-0.4, -0.2) is 33.8 Å². The number of hydrogen-bond donors (Lipinski definition) is 3. The monoisotopic (exact) mass is 359 g/mol. The molecule has 0 aliphatic heterocycles. The van der Waals surface area contributed by atoms with Crippen LogP contribution in [-0.2, 0) is 10.5 Å². The number of aryl methyl sites for hydroxylation is 1. The van der Waals surface area contributed by atoms with E-state index in [4.69, 9.17) is 10.2 Å². The van der Waals surface area contributed by atoms with Gasteiger partial charge in [-0.15, -0.1) is 11.8 Å². The molecule has 0 aliphatic rings. The molecule has 0 radical (unpaired) electrons. The lowest BCUT2D eigenvalue weighted by Gasteiger charge is -2.08. The Balaban J connectivity index is 1.99. The first kappa shape index (κ1) is 18.5. The van der Waals surface area contributed by atoms with Gasteiger partial charge in [-0.3, -0.25) is 4.79 Å². The van der Waals surface area contributed by atoms with Crippen molar-refractivity contribution in [3.8, 4) is 0 Å². The van der Waals surface area contributed by atoms with Crippen molar-refractivity contribution in [1.82, 2.24) is 0 Å². The largest absolute Gasteiger partial charge is 0.478 e. The molecule has 0 saturated heterocycles. The van der Waals surface area contributed by atoms with E-state index >= 15 is 0 Å². The van der Waals surface area contributed by atoms with Crippen molar-refractivity contribution in [3.63, 3.8) is 0 Å². The number of carboxylic acids is 2. The van der Waals surface area contributed by atoms with E-state index in [0.29, 0.717) is 5.75 Å². The van der Waals surface area contributed by atoms with Crippen LogP contribution in [0.25, 0.3) is 0 Å². The minimum atomic E-state index is -1.26. The van der Waals surface area contributed by atoms with Gasteiger partial charge >= 0.3 is 11.9 Å². The van der Waals surface area contributed by atoms with Crippen molar-refractivity contribution < 1.29 is 24.6 Å². The molecule has 0 aliphatic carbocycles. The molecule has 25 heavy (non-hydrogen) atoms. The normalized spacial score (nSPS) is 10.3. The third-order valence-electron chi connectivity index (χ3n) is 3.46. The zero-order chi connectivity index (χ0) is 18.4. The standard InChI is InChI=1S/C18H17NO5S/c1-11-4-2-3-5-12(11)9-25-10-16(20)19-15-7-13(17(21)22)6-14(8-15)18(23)24/h2-8H,9-10H2,1H3,(H,19,20)(H,21,22)(H,23,24). The van der Waals surface area contributed by atoms with Gasteiger partial charge in [-0.25, -0.2) is 9.59 Å². The van der Waals surface area contributed by atoms with E-state index in [1.807, 2.05) is 31.2 Å². The number of thioether (sulfide) groups is 1. The second kappa shape index (κ2) is 8.34. The molecule has 2 rings (SSSR count). The summed E-state index contributed by atoms with van der Waals surface area (Å²) in [5.41, 5.74) is 2.06. The molecule has 0 heterocycles. The van der Waals surface area contributed by atoms with Crippen LogP contribution in [0.5, 0.6) is 0 Å². The smallest absolute Gasteiger partial charge is 0.335 e.